The third kappa shape index (κ3) is 4.05. The number of anilines is 1. The van der Waals surface area contributed by atoms with Crippen LogP contribution in [0, 0.1) is 11.6 Å². The second kappa shape index (κ2) is 8.63. The summed E-state index contributed by atoms with van der Waals surface area (Å²) < 4.78 is 29.8. The van der Waals surface area contributed by atoms with Crippen molar-refractivity contribution >= 4 is 22.9 Å². The quantitative estimate of drug-likeness (QED) is 0.419. The molecule has 0 saturated heterocycles. The number of halogens is 2. The predicted molar refractivity (Wildman–Crippen MR) is 121 cm³/mol. The molecule has 0 fully saturated rings. The lowest BCUT2D eigenvalue weighted by atomic mass is 10.1. The van der Waals surface area contributed by atoms with E-state index >= 15 is 0 Å². The molecule has 8 heteroatoms. The number of aryl methyl sites for hydroxylation is 1. The van der Waals surface area contributed by atoms with Crippen LogP contribution < -0.4 is 5.32 Å². The molecule has 5 nitrogen and oxygen atoms in total. The molecule has 162 valence electrons. The average Bonchev–Trinajstić information content (AvgIpc) is 3.38. The number of hydrogen-bond donors (Lipinski definition) is 1. The van der Waals surface area contributed by atoms with E-state index in [1.807, 2.05) is 0 Å². The van der Waals surface area contributed by atoms with Crippen LogP contribution >= 0.6 is 11.3 Å². The average molecular weight is 451 g/mol. The van der Waals surface area contributed by atoms with Crippen molar-refractivity contribution in [1.82, 2.24) is 14.8 Å². The number of hydrogen-bond acceptors (Lipinski definition) is 4. The van der Waals surface area contributed by atoms with E-state index < -0.39 is 11.7 Å². The summed E-state index contributed by atoms with van der Waals surface area (Å²) in [6.07, 6.45) is 4.17. The van der Waals surface area contributed by atoms with Gasteiger partial charge in [0.05, 0.1) is 10.6 Å². The zero-order chi connectivity index (χ0) is 22.1. The van der Waals surface area contributed by atoms with Crippen LogP contribution in [0.5, 0.6) is 0 Å². The highest BCUT2D eigenvalue weighted by atomic mass is 32.1. The Kier molecular flexibility index (Phi) is 5.53. The van der Waals surface area contributed by atoms with Gasteiger partial charge in [0.1, 0.15) is 17.5 Å². The van der Waals surface area contributed by atoms with Crippen molar-refractivity contribution in [2.24, 2.45) is 0 Å². The molecule has 0 unspecified atom stereocenters. The Bertz CT molecular complexity index is 1280. The van der Waals surface area contributed by atoms with Gasteiger partial charge in [-0.25, -0.2) is 8.78 Å². The molecule has 0 spiro atoms. The predicted octanol–water partition coefficient (Wildman–Crippen LogP) is 5.93. The number of nitrogens with one attached hydrogen (secondary N) is 1. The van der Waals surface area contributed by atoms with Crippen LogP contribution in [-0.2, 0) is 13.0 Å². The van der Waals surface area contributed by atoms with E-state index in [1.165, 1.54) is 29.5 Å². The minimum Gasteiger partial charge on any atom is -0.319 e. The molecular formula is C24H20F2N4OS. The van der Waals surface area contributed by atoms with Crippen LogP contribution in [-0.4, -0.2) is 20.7 Å². The molecule has 3 heterocycles. The van der Waals surface area contributed by atoms with E-state index in [1.54, 1.807) is 36.4 Å². The van der Waals surface area contributed by atoms with Crippen LogP contribution in [0.3, 0.4) is 0 Å². The summed E-state index contributed by atoms with van der Waals surface area (Å²) in [7, 11) is 0. The van der Waals surface area contributed by atoms with Gasteiger partial charge in [0.2, 0.25) is 0 Å². The van der Waals surface area contributed by atoms with Crippen LogP contribution in [0.25, 0.3) is 21.8 Å². The van der Waals surface area contributed by atoms with Crippen molar-refractivity contribution < 1.29 is 13.6 Å². The number of carbonyl (C=O) groups excluding carboxylic acids is 1. The minimum absolute atomic E-state index is 0.0928. The number of rotatable bonds is 4. The lowest BCUT2D eigenvalue weighted by Crippen LogP contribution is -2.11. The number of carbonyl (C=O) groups is 1. The zero-order valence-electron chi connectivity index (χ0n) is 17.1. The van der Waals surface area contributed by atoms with Crippen LogP contribution in [0.1, 0.15) is 34.8 Å². The molecule has 2 aromatic heterocycles. The normalized spacial score (nSPS) is 13.4. The summed E-state index contributed by atoms with van der Waals surface area (Å²) in [5.41, 5.74) is 1.62. The van der Waals surface area contributed by atoms with Gasteiger partial charge in [-0.05, 0) is 60.9 Å². The molecule has 5 rings (SSSR count). The number of thiophene rings is 1. The second-order valence-electron chi connectivity index (χ2n) is 7.72. The summed E-state index contributed by atoms with van der Waals surface area (Å²) in [5.74, 6) is 0.391. The number of benzene rings is 2. The van der Waals surface area contributed by atoms with Gasteiger partial charge < -0.3 is 9.88 Å². The Morgan fingerprint density at radius 2 is 1.75 bits per heavy atom. The van der Waals surface area contributed by atoms with Gasteiger partial charge in [0, 0.05) is 23.4 Å². The summed E-state index contributed by atoms with van der Waals surface area (Å²) in [5, 5.41) is 11.3. The maximum Gasteiger partial charge on any atom is 0.265 e. The number of aromatic nitrogens is 3. The van der Waals surface area contributed by atoms with Crippen molar-refractivity contribution in [1.29, 1.82) is 0 Å². The number of fused-ring (bicyclic) bond motifs is 1. The lowest BCUT2D eigenvalue weighted by molar-refractivity contribution is 0.103. The molecule has 0 aliphatic carbocycles. The van der Waals surface area contributed by atoms with Crippen molar-refractivity contribution in [3.63, 3.8) is 0 Å². The topological polar surface area (TPSA) is 59.8 Å². The van der Waals surface area contributed by atoms with Gasteiger partial charge in [-0.2, -0.15) is 0 Å². The molecule has 32 heavy (non-hydrogen) atoms. The zero-order valence-corrected chi connectivity index (χ0v) is 18.0. The van der Waals surface area contributed by atoms with Crippen LogP contribution in [0.4, 0.5) is 14.5 Å². The fraction of sp³-hybridized carbons (Fsp3) is 0.208. The maximum absolute atomic E-state index is 14.5. The molecule has 0 bridgehead atoms. The molecule has 1 amide bonds. The molecule has 1 aliphatic rings. The second-order valence-corrected chi connectivity index (χ2v) is 8.81. The highest BCUT2D eigenvalue weighted by Crippen LogP contribution is 2.30. The van der Waals surface area contributed by atoms with Gasteiger partial charge in [0.25, 0.3) is 5.91 Å². The van der Waals surface area contributed by atoms with Gasteiger partial charge in [-0.1, -0.05) is 18.6 Å². The van der Waals surface area contributed by atoms with E-state index in [2.05, 4.69) is 20.1 Å². The monoisotopic (exact) mass is 450 g/mol. The molecule has 4 aromatic rings. The van der Waals surface area contributed by atoms with Gasteiger partial charge in [-0.3, -0.25) is 4.79 Å². The Labute approximate surface area is 187 Å². The first-order valence-corrected chi connectivity index (χ1v) is 11.3. The van der Waals surface area contributed by atoms with Crippen molar-refractivity contribution in [2.45, 2.75) is 32.2 Å². The SMILES string of the molecule is O=C(Nc1cc(-c2nnc3n2CCCCC3)ccc1F)c1ccc(-c2ccc(F)cc2)s1. The fourth-order valence-corrected chi connectivity index (χ4v) is 4.78. The largest absolute Gasteiger partial charge is 0.319 e. The first-order valence-electron chi connectivity index (χ1n) is 10.5. The molecular weight excluding hydrogens is 430 g/mol. The number of nitrogens with zero attached hydrogens (tertiary/aromatic N) is 3. The minimum atomic E-state index is -0.520. The fourth-order valence-electron chi connectivity index (χ4n) is 3.87. The first-order chi connectivity index (χ1) is 15.6. The van der Waals surface area contributed by atoms with Crippen molar-refractivity contribution in [3.05, 3.63) is 76.9 Å². The molecule has 1 N–H and O–H groups in total. The van der Waals surface area contributed by atoms with E-state index in [0.717, 1.165) is 48.5 Å². The smallest absolute Gasteiger partial charge is 0.265 e. The van der Waals surface area contributed by atoms with E-state index in [9.17, 15) is 13.6 Å². The van der Waals surface area contributed by atoms with Crippen LogP contribution in [0.2, 0.25) is 0 Å². The van der Waals surface area contributed by atoms with E-state index in [0.29, 0.717) is 16.3 Å². The van der Waals surface area contributed by atoms with Crippen molar-refractivity contribution in [2.75, 3.05) is 5.32 Å². The Morgan fingerprint density at radius 3 is 2.59 bits per heavy atom. The molecule has 2 aromatic carbocycles. The molecule has 0 saturated carbocycles. The Morgan fingerprint density at radius 1 is 0.938 bits per heavy atom. The summed E-state index contributed by atoms with van der Waals surface area (Å²) >= 11 is 1.26. The standard InChI is InChI=1S/C24H20F2N4OS/c25-17-8-5-15(6-9-17)20-11-12-21(32-20)24(31)27-19-14-16(7-10-18(19)26)23-29-28-22-4-2-1-3-13-30(22)23/h5-12,14H,1-4,13H2,(H,27,31). The highest BCUT2D eigenvalue weighted by molar-refractivity contribution is 7.17. The van der Waals surface area contributed by atoms with Crippen molar-refractivity contribution in [3.8, 4) is 21.8 Å². The van der Waals surface area contributed by atoms with Gasteiger partial charge in [0.15, 0.2) is 5.82 Å². The Balaban J connectivity index is 1.39. The van der Waals surface area contributed by atoms with E-state index in [4.69, 9.17) is 0 Å². The van der Waals surface area contributed by atoms with Gasteiger partial charge >= 0.3 is 0 Å². The molecule has 1 aliphatic heterocycles. The third-order valence-corrected chi connectivity index (χ3v) is 6.67. The third-order valence-electron chi connectivity index (χ3n) is 5.54. The maximum atomic E-state index is 14.5. The Hall–Kier alpha value is -3.39. The lowest BCUT2D eigenvalue weighted by Gasteiger charge is -2.10. The summed E-state index contributed by atoms with van der Waals surface area (Å²) in [4.78, 5) is 14.0. The number of amides is 1. The summed E-state index contributed by atoms with van der Waals surface area (Å²) in [6, 6.07) is 14.1. The van der Waals surface area contributed by atoms with Crippen LogP contribution in [0.15, 0.2) is 54.6 Å². The summed E-state index contributed by atoms with van der Waals surface area (Å²) in [6.45, 7) is 0.831. The van der Waals surface area contributed by atoms with E-state index in [-0.39, 0.29) is 11.5 Å². The molecule has 0 atom stereocenters. The molecule has 0 radical (unpaired) electrons. The first kappa shape index (κ1) is 20.5. The highest BCUT2D eigenvalue weighted by Gasteiger charge is 2.18. The van der Waals surface area contributed by atoms with Gasteiger partial charge in [-0.15, -0.1) is 21.5 Å².